The molecule has 1 heterocycles. The maximum atomic E-state index is 13.0. The highest BCUT2D eigenvalue weighted by atomic mass is 16.7. The van der Waals surface area contributed by atoms with E-state index in [9.17, 15) is 65.4 Å². The van der Waals surface area contributed by atoms with Crippen molar-refractivity contribution in [3.8, 4) is 51.7 Å². The standard InChI is InChI=1S/C26H22O17/c27-11-1-8(2-12(28)18(11)33)23(36)41-17-7-40-26(39)22(43-25(38)10-5-15(31)20(35)16(32)6-10)21(17)42-24(37)9-3-13(29)19(34)14(30)4-9/h1-6,17,21-22,26-35,39H,7H2/t17-,21+,22+,26-/m1/s1. The summed E-state index contributed by atoms with van der Waals surface area (Å²) in [5.74, 6) is -12.4. The number of aromatic hydroxyl groups is 9. The van der Waals surface area contributed by atoms with Gasteiger partial charge >= 0.3 is 17.9 Å². The van der Waals surface area contributed by atoms with Crippen LogP contribution in [0.1, 0.15) is 31.1 Å². The molecule has 3 aromatic carbocycles. The highest BCUT2D eigenvalue weighted by molar-refractivity contribution is 5.93. The molecule has 17 heteroatoms. The molecule has 1 fully saturated rings. The molecule has 17 nitrogen and oxygen atoms in total. The molecule has 0 saturated carbocycles. The molecule has 0 spiro atoms. The Kier molecular flexibility index (Phi) is 8.13. The number of phenolic OH excluding ortho intramolecular Hbond substituents is 9. The highest BCUT2D eigenvalue weighted by Crippen LogP contribution is 2.38. The van der Waals surface area contributed by atoms with Gasteiger partial charge in [-0.15, -0.1) is 0 Å². The van der Waals surface area contributed by atoms with Gasteiger partial charge in [0.05, 0.1) is 23.3 Å². The third-order valence-electron chi connectivity index (χ3n) is 6.06. The smallest absolute Gasteiger partial charge is 0.339 e. The second-order valence-corrected chi connectivity index (χ2v) is 9.00. The Morgan fingerprint density at radius 2 is 0.837 bits per heavy atom. The molecule has 4 atom stereocenters. The maximum absolute atomic E-state index is 13.0. The van der Waals surface area contributed by atoms with Gasteiger partial charge in [0.1, 0.15) is 0 Å². The van der Waals surface area contributed by atoms with Crippen molar-refractivity contribution in [3.05, 3.63) is 53.1 Å². The van der Waals surface area contributed by atoms with Crippen LogP contribution in [-0.2, 0) is 18.9 Å². The topological polar surface area (TPSA) is 290 Å². The quantitative estimate of drug-likeness (QED) is 0.103. The number of carbonyl (C=O) groups is 3. The number of carbonyl (C=O) groups excluding carboxylic acids is 3. The van der Waals surface area contributed by atoms with Crippen LogP contribution in [0.25, 0.3) is 0 Å². The molecule has 0 bridgehead atoms. The maximum Gasteiger partial charge on any atom is 0.339 e. The number of aliphatic hydroxyl groups excluding tert-OH is 1. The second kappa shape index (κ2) is 11.6. The van der Waals surface area contributed by atoms with Crippen molar-refractivity contribution in [2.75, 3.05) is 6.61 Å². The molecule has 0 aromatic heterocycles. The van der Waals surface area contributed by atoms with Crippen LogP contribution in [0.15, 0.2) is 36.4 Å². The SMILES string of the molecule is O=C(O[C@@H]1[C@H](OC(=O)c2cc(O)c(O)c(O)c2)[C@H](O)OC[C@H]1OC(=O)c1cc(O)c(O)c(O)c1)c1cc(O)c(O)c(O)c1. The average Bonchev–Trinajstić information content (AvgIpc) is 2.95. The summed E-state index contributed by atoms with van der Waals surface area (Å²) in [5.41, 5.74) is -1.64. The van der Waals surface area contributed by atoms with Crippen LogP contribution < -0.4 is 0 Å². The fourth-order valence-electron chi connectivity index (χ4n) is 3.88. The van der Waals surface area contributed by atoms with E-state index in [-0.39, 0.29) is 0 Å². The number of hydrogen-bond donors (Lipinski definition) is 10. The van der Waals surface area contributed by atoms with Gasteiger partial charge in [-0.25, -0.2) is 14.4 Å². The van der Waals surface area contributed by atoms with Crippen LogP contribution in [0.4, 0.5) is 0 Å². The second-order valence-electron chi connectivity index (χ2n) is 9.00. The Morgan fingerprint density at radius 3 is 1.19 bits per heavy atom. The molecule has 228 valence electrons. The van der Waals surface area contributed by atoms with Gasteiger partial charge in [-0.2, -0.15) is 0 Å². The van der Waals surface area contributed by atoms with Crippen molar-refractivity contribution in [3.63, 3.8) is 0 Å². The normalized spacial score (nSPS) is 19.7. The van der Waals surface area contributed by atoms with Gasteiger partial charge in [0.2, 0.25) is 0 Å². The van der Waals surface area contributed by atoms with Crippen molar-refractivity contribution < 1.29 is 84.4 Å². The lowest BCUT2D eigenvalue weighted by molar-refractivity contribution is -0.251. The summed E-state index contributed by atoms with van der Waals surface area (Å²) in [6, 6.07) is 4.22. The molecule has 0 amide bonds. The van der Waals surface area contributed by atoms with Gasteiger partial charge in [0.15, 0.2) is 76.3 Å². The zero-order chi connectivity index (χ0) is 31.7. The monoisotopic (exact) mass is 606 g/mol. The molecule has 10 N–H and O–H groups in total. The number of rotatable bonds is 6. The fraction of sp³-hybridized carbons (Fsp3) is 0.192. The third-order valence-corrected chi connectivity index (χ3v) is 6.06. The summed E-state index contributed by atoms with van der Waals surface area (Å²) in [7, 11) is 0. The Hall–Kier alpha value is -5.81. The predicted octanol–water partition coefficient (Wildman–Crippen LogP) is 0.362. The minimum Gasteiger partial charge on any atom is -0.504 e. The first kappa shape index (κ1) is 30.2. The zero-order valence-electron chi connectivity index (χ0n) is 21.3. The van der Waals surface area contributed by atoms with Crippen LogP contribution in [0, 0.1) is 0 Å². The fourth-order valence-corrected chi connectivity index (χ4v) is 3.88. The average molecular weight is 606 g/mol. The summed E-state index contributed by atoms with van der Waals surface area (Å²) in [4.78, 5) is 38.6. The van der Waals surface area contributed by atoms with Gasteiger partial charge in [-0.05, 0) is 36.4 Å². The number of hydrogen-bond acceptors (Lipinski definition) is 17. The van der Waals surface area contributed by atoms with Gasteiger partial charge in [-0.3, -0.25) is 0 Å². The number of esters is 3. The number of benzene rings is 3. The van der Waals surface area contributed by atoms with Gasteiger partial charge in [0, 0.05) is 0 Å². The highest BCUT2D eigenvalue weighted by Gasteiger charge is 2.47. The Balaban J connectivity index is 1.68. The van der Waals surface area contributed by atoms with Gasteiger partial charge in [0.25, 0.3) is 0 Å². The number of ether oxygens (including phenoxy) is 4. The summed E-state index contributed by atoms with van der Waals surface area (Å²) in [5, 5.41) is 97.5. The molecule has 1 aliphatic heterocycles. The van der Waals surface area contributed by atoms with E-state index < -0.39 is 118 Å². The van der Waals surface area contributed by atoms with Crippen LogP contribution in [-0.4, -0.2) is 100 Å². The largest absolute Gasteiger partial charge is 0.504 e. The van der Waals surface area contributed by atoms with E-state index in [2.05, 4.69) is 0 Å². The first-order valence-corrected chi connectivity index (χ1v) is 11.8. The minimum atomic E-state index is -2.06. The van der Waals surface area contributed by atoms with Crippen molar-refractivity contribution in [2.24, 2.45) is 0 Å². The number of aliphatic hydroxyl groups is 1. The summed E-state index contributed by atoms with van der Waals surface area (Å²) in [6.45, 7) is -0.707. The minimum absolute atomic E-state index is 0.513. The lowest BCUT2D eigenvalue weighted by atomic mass is 10.0. The van der Waals surface area contributed by atoms with E-state index in [1.54, 1.807) is 0 Å². The molecular formula is C26H22O17. The third kappa shape index (κ3) is 6.11. The molecule has 1 saturated heterocycles. The van der Waals surface area contributed by atoms with E-state index in [1.807, 2.05) is 0 Å². The molecule has 0 aliphatic carbocycles. The first-order chi connectivity index (χ1) is 20.2. The van der Waals surface area contributed by atoms with E-state index >= 15 is 0 Å². The van der Waals surface area contributed by atoms with Crippen LogP contribution in [0.2, 0.25) is 0 Å². The predicted molar refractivity (Wildman–Crippen MR) is 134 cm³/mol. The summed E-state index contributed by atoms with van der Waals surface area (Å²) in [6.07, 6.45) is -7.71. The van der Waals surface area contributed by atoms with Crippen molar-refractivity contribution in [1.29, 1.82) is 0 Å². The van der Waals surface area contributed by atoms with E-state index in [1.165, 1.54) is 0 Å². The van der Waals surface area contributed by atoms with Crippen molar-refractivity contribution in [2.45, 2.75) is 24.6 Å². The first-order valence-electron chi connectivity index (χ1n) is 11.8. The summed E-state index contributed by atoms with van der Waals surface area (Å²) < 4.78 is 20.9. The number of phenols is 9. The Morgan fingerprint density at radius 1 is 0.535 bits per heavy atom. The molecule has 1 aliphatic rings. The Bertz CT molecular complexity index is 1530. The lowest BCUT2D eigenvalue weighted by Crippen LogP contribution is -2.57. The molecule has 0 radical (unpaired) electrons. The summed E-state index contributed by atoms with van der Waals surface area (Å²) >= 11 is 0. The van der Waals surface area contributed by atoms with E-state index in [0.717, 1.165) is 12.1 Å². The van der Waals surface area contributed by atoms with Crippen LogP contribution >= 0.6 is 0 Å². The lowest BCUT2D eigenvalue weighted by Gasteiger charge is -2.38. The van der Waals surface area contributed by atoms with Gasteiger partial charge < -0.3 is 70.0 Å². The molecule has 0 unspecified atom stereocenters. The van der Waals surface area contributed by atoms with E-state index in [0.29, 0.717) is 24.3 Å². The zero-order valence-corrected chi connectivity index (χ0v) is 21.3. The van der Waals surface area contributed by atoms with Crippen molar-refractivity contribution >= 4 is 17.9 Å². The van der Waals surface area contributed by atoms with Crippen LogP contribution in [0.3, 0.4) is 0 Å². The molecule has 43 heavy (non-hydrogen) atoms. The van der Waals surface area contributed by atoms with Crippen LogP contribution in [0.5, 0.6) is 51.7 Å². The molecular weight excluding hydrogens is 584 g/mol. The van der Waals surface area contributed by atoms with Gasteiger partial charge in [-0.1, -0.05) is 0 Å². The van der Waals surface area contributed by atoms with Crippen molar-refractivity contribution in [1.82, 2.24) is 0 Å². The van der Waals surface area contributed by atoms with E-state index in [4.69, 9.17) is 18.9 Å². The Labute approximate surface area is 238 Å². The molecule has 3 aromatic rings. The molecule has 4 rings (SSSR count).